The van der Waals surface area contributed by atoms with Crippen LogP contribution in [0.3, 0.4) is 0 Å². The van der Waals surface area contributed by atoms with Crippen molar-refractivity contribution in [3.05, 3.63) is 42.4 Å². The lowest BCUT2D eigenvalue weighted by molar-refractivity contribution is 0.231. The number of benzene rings is 1. The Hall–Kier alpha value is -3.26. The average Bonchev–Trinajstić information content (AvgIpc) is 3.25. The molecule has 0 atom stereocenters. The molecular weight excluding hydrogens is 414 g/mol. The molecule has 1 aliphatic rings. The van der Waals surface area contributed by atoms with E-state index < -0.39 is 0 Å². The van der Waals surface area contributed by atoms with Crippen molar-refractivity contribution in [2.75, 3.05) is 42.9 Å². The predicted octanol–water partition coefficient (Wildman–Crippen LogP) is 4.81. The Morgan fingerprint density at radius 1 is 0.970 bits per heavy atom. The highest BCUT2D eigenvalue weighted by Gasteiger charge is 2.19. The highest BCUT2D eigenvalue weighted by atomic mass is 16.5. The molecular formula is C25H31N7O. The lowest BCUT2D eigenvalue weighted by Crippen LogP contribution is -2.47. The number of rotatable bonds is 6. The number of nitrogens with zero attached hydrogens (tertiary/aromatic N) is 6. The number of pyridine rings is 1. The molecule has 4 aromatic rings. The molecule has 0 amide bonds. The Morgan fingerprint density at radius 3 is 2.48 bits per heavy atom. The van der Waals surface area contributed by atoms with E-state index in [1.165, 1.54) is 6.54 Å². The van der Waals surface area contributed by atoms with Gasteiger partial charge in [0.25, 0.3) is 0 Å². The van der Waals surface area contributed by atoms with E-state index in [4.69, 9.17) is 9.51 Å². The van der Waals surface area contributed by atoms with Gasteiger partial charge in [-0.15, -0.1) is 0 Å². The van der Waals surface area contributed by atoms with Gasteiger partial charge in [-0.05, 0) is 36.1 Å². The molecule has 33 heavy (non-hydrogen) atoms. The predicted molar refractivity (Wildman–Crippen MR) is 132 cm³/mol. The van der Waals surface area contributed by atoms with Crippen LogP contribution in [0.4, 0.5) is 17.5 Å². The van der Waals surface area contributed by atoms with Crippen molar-refractivity contribution in [3.8, 4) is 0 Å². The Labute approximate surface area is 194 Å². The number of piperazine rings is 1. The van der Waals surface area contributed by atoms with E-state index >= 15 is 0 Å². The summed E-state index contributed by atoms with van der Waals surface area (Å²) in [7, 11) is 0. The number of aromatic nitrogens is 4. The van der Waals surface area contributed by atoms with E-state index in [1.54, 1.807) is 0 Å². The molecule has 0 bridgehead atoms. The Morgan fingerprint density at radius 2 is 1.79 bits per heavy atom. The van der Waals surface area contributed by atoms with Crippen molar-refractivity contribution in [2.45, 2.75) is 33.6 Å². The van der Waals surface area contributed by atoms with E-state index in [1.807, 2.05) is 30.6 Å². The molecule has 0 unspecified atom stereocenters. The van der Waals surface area contributed by atoms with Gasteiger partial charge in [0.05, 0.1) is 28.5 Å². The summed E-state index contributed by atoms with van der Waals surface area (Å²) in [6.07, 6.45) is 3.75. The maximum atomic E-state index is 5.52. The Kier molecular flexibility index (Phi) is 5.85. The zero-order valence-corrected chi connectivity index (χ0v) is 19.7. The summed E-state index contributed by atoms with van der Waals surface area (Å²) in [5, 5.41) is 9.41. The number of hydrogen-bond donors (Lipinski definition) is 1. The van der Waals surface area contributed by atoms with Gasteiger partial charge in [-0.2, -0.15) is 0 Å². The van der Waals surface area contributed by atoms with Gasteiger partial charge in [-0.3, -0.25) is 4.90 Å². The van der Waals surface area contributed by atoms with Crippen LogP contribution in [0.5, 0.6) is 0 Å². The van der Waals surface area contributed by atoms with Gasteiger partial charge >= 0.3 is 0 Å². The second-order valence-electron chi connectivity index (χ2n) is 9.50. The SMILES string of the molecule is CC(C)CN1CCN(c2ccc(Nc3ncc4ccc5onc(C(C)C)c5c4n3)nc2)CC1. The topological polar surface area (TPSA) is 83.2 Å². The minimum absolute atomic E-state index is 0.240. The first-order valence-corrected chi connectivity index (χ1v) is 11.7. The van der Waals surface area contributed by atoms with E-state index in [-0.39, 0.29) is 5.92 Å². The van der Waals surface area contributed by atoms with Gasteiger partial charge in [0.15, 0.2) is 5.58 Å². The summed E-state index contributed by atoms with van der Waals surface area (Å²) in [6.45, 7) is 14.2. The monoisotopic (exact) mass is 445 g/mol. The molecule has 1 fully saturated rings. The molecule has 0 radical (unpaired) electrons. The second-order valence-corrected chi connectivity index (χ2v) is 9.50. The summed E-state index contributed by atoms with van der Waals surface area (Å²) < 4.78 is 5.52. The lowest BCUT2D eigenvalue weighted by atomic mass is 10.0. The van der Waals surface area contributed by atoms with Crippen molar-refractivity contribution >= 4 is 39.3 Å². The molecule has 0 spiro atoms. The molecule has 8 nitrogen and oxygen atoms in total. The van der Waals surface area contributed by atoms with Crippen LogP contribution in [-0.4, -0.2) is 57.7 Å². The molecule has 4 heterocycles. The zero-order valence-electron chi connectivity index (χ0n) is 19.7. The van der Waals surface area contributed by atoms with Gasteiger partial charge in [0.1, 0.15) is 5.82 Å². The standard InChI is InChI=1S/C25H31N7O/c1-16(2)15-31-9-11-32(12-10-31)19-6-8-21(26-14-19)28-25-27-13-18-5-7-20-22(24(18)29-25)23(17(3)4)30-33-20/h5-8,13-14,16-17H,9-12,15H2,1-4H3,(H,26,27,28,29). The Balaban J connectivity index is 1.33. The minimum Gasteiger partial charge on any atom is -0.368 e. The lowest BCUT2D eigenvalue weighted by Gasteiger charge is -2.36. The fourth-order valence-corrected chi connectivity index (χ4v) is 4.47. The van der Waals surface area contributed by atoms with Crippen molar-refractivity contribution in [2.24, 2.45) is 5.92 Å². The number of nitrogens with one attached hydrogen (secondary N) is 1. The van der Waals surface area contributed by atoms with E-state index in [0.29, 0.717) is 11.9 Å². The second kappa shape index (κ2) is 8.94. The summed E-state index contributed by atoms with van der Waals surface area (Å²) in [5.74, 6) is 2.18. The molecule has 8 heteroatoms. The van der Waals surface area contributed by atoms with Gasteiger partial charge < -0.3 is 14.7 Å². The van der Waals surface area contributed by atoms with Crippen LogP contribution in [0, 0.1) is 5.92 Å². The average molecular weight is 446 g/mol. The normalized spacial score (nSPS) is 15.3. The van der Waals surface area contributed by atoms with Crippen LogP contribution in [0.15, 0.2) is 41.2 Å². The van der Waals surface area contributed by atoms with Gasteiger partial charge in [0.2, 0.25) is 5.95 Å². The molecule has 5 rings (SSSR count). The largest absolute Gasteiger partial charge is 0.368 e. The van der Waals surface area contributed by atoms with Crippen LogP contribution in [-0.2, 0) is 0 Å². The number of anilines is 3. The fourth-order valence-electron chi connectivity index (χ4n) is 4.47. The third-order valence-corrected chi connectivity index (χ3v) is 6.11. The van der Waals surface area contributed by atoms with Gasteiger partial charge in [-0.1, -0.05) is 32.9 Å². The molecule has 172 valence electrons. The molecule has 3 aromatic heterocycles. The third kappa shape index (κ3) is 4.48. The highest BCUT2D eigenvalue weighted by Crippen LogP contribution is 2.31. The Bertz CT molecular complexity index is 1240. The number of fused-ring (bicyclic) bond motifs is 3. The number of hydrogen-bond acceptors (Lipinski definition) is 8. The first kappa shape index (κ1) is 21.6. The molecule has 1 aromatic carbocycles. The van der Waals surface area contributed by atoms with E-state index in [2.05, 4.69) is 64.0 Å². The van der Waals surface area contributed by atoms with Crippen molar-refractivity contribution < 1.29 is 4.52 Å². The molecule has 0 saturated carbocycles. The first-order chi connectivity index (χ1) is 16.0. The van der Waals surface area contributed by atoms with Crippen LogP contribution in [0.1, 0.15) is 39.3 Å². The quantitative estimate of drug-likeness (QED) is 0.453. The summed E-state index contributed by atoms with van der Waals surface area (Å²) in [4.78, 5) is 18.8. The first-order valence-electron chi connectivity index (χ1n) is 11.7. The van der Waals surface area contributed by atoms with Crippen LogP contribution in [0.2, 0.25) is 0 Å². The smallest absolute Gasteiger partial charge is 0.228 e. The minimum atomic E-state index is 0.240. The molecule has 1 N–H and O–H groups in total. The third-order valence-electron chi connectivity index (χ3n) is 6.11. The maximum absolute atomic E-state index is 5.52. The van der Waals surface area contributed by atoms with Crippen molar-refractivity contribution in [1.29, 1.82) is 0 Å². The maximum Gasteiger partial charge on any atom is 0.228 e. The van der Waals surface area contributed by atoms with Crippen LogP contribution < -0.4 is 10.2 Å². The van der Waals surface area contributed by atoms with Crippen LogP contribution >= 0.6 is 0 Å². The van der Waals surface area contributed by atoms with Crippen molar-refractivity contribution in [1.82, 2.24) is 25.0 Å². The highest BCUT2D eigenvalue weighted by molar-refractivity contribution is 6.04. The summed E-state index contributed by atoms with van der Waals surface area (Å²) >= 11 is 0. The van der Waals surface area contributed by atoms with E-state index in [9.17, 15) is 0 Å². The van der Waals surface area contributed by atoms with Gasteiger partial charge in [0, 0.05) is 44.3 Å². The summed E-state index contributed by atoms with van der Waals surface area (Å²) in [5.41, 5.74) is 3.64. The summed E-state index contributed by atoms with van der Waals surface area (Å²) in [6, 6.07) is 7.99. The van der Waals surface area contributed by atoms with Crippen molar-refractivity contribution in [3.63, 3.8) is 0 Å². The zero-order chi connectivity index (χ0) is 22.9. The van der Waals surface area contributed by atoms with Crippen LogP contribution in [0.25, 0.3) is 21.9 Å². The van der Waals surface area contributed by atoms with Gasteiger partial charge in [-0.25, -0.2) is 15.0 Å². The molecule has 0 aliphatic carbocycles. The van der Waals surface area contributed by atoms with E-state index in [0.717, 1.165) is 65.3 Å². The molecule has 1 saturated heterocycles. The fraction of sp³-hybridized carbons (Fsp3) is 0.440. The molecule has 1 aliphatic heterocycles.